The van der Waals surface area contributed by atoms with Crippen LogP contribution in [0.15, 0.2) is 40.9 Å². The van der Waals surface area contributed by atoms with Crippen LogP contribution >= 0.6 is 0 Å². The van der Waals surface area contributed by atoms with Crippen LogP contribution in [0.25, 0.3) is 22.2 Å². The van der Waals surface area contributed by atoms with Crippen molar-refractivity contribution in [3.05, 3.63) is 36.5 Å². The van der Waals surface area contributed by atoms with Gasteiger partial charge in [-0.15, -0.1) is 0 Å². The van der Waals surface area contributed by atoms with Crippen LogP contribution in [0.1, 0.15) is 13.8 Å². The third-order valence-corrected chi connectivity index (χ3v) is 3.47. The molecule has 0 saturated carbocycles. The van der Waals surface area contributed by atoms with E-state index < -0.39 is 17.8 Å². The first-order chi connectivity index (χ1) is 12.5. The lowest BCUT2D eigenvalue weighted by atomic mass is 10.1. The summed E-state index contributed by atoms with van der Waals surface area (Å²) in [5.74, 6) is -1.58. The Morgan fingerprint density at radius 2 is 2.04 bits per heavy atom. The van der Waals surface area contributed by atoms with E-state index in [1.807, 2.05) is 24.3 Å². The maximum atomic E-state index is 11.7. The molecule has 0 bridgehead atoms. The molecule has 0 aliphatic heterocycles. The number of pyridine rings is 1. The highest BCUT2D eigenvalue weighted by Gasteiger charge is 2.26. The molecule has 0 aliphatic rings. The maximum Gasteiger partial charge on any atom is 0.414 e. The molecule has 0 spiro atoms. The molecule has 8 heteroatoms. The highest BCUT2D eigenvalue weighted by atomic mass is 16.6. The molecule has 1 amide bonds. The number of benzene rings is 1. The molecule has 2 N–H and O–H groups in total. The summed E-state index contributed by atoms with van der Waals surface area (Å²) in [6, 6.07) is 8.91. The summed E-state index contributed by atoms with van der Waals surface area (Å²) in [5, 5.41) is 13.6. The van der Waals surface area contributed by atoms with Gasteiger partial charge in [-0.3, -0.25) is 15.1 Å². The molecule has 0 unspecified atom stereocenters. The first-order valence-corrected chi connectivity index (χ1v) is 7.83. The molecule has 0 atom stereocenters. The van der Waals surface area contributed by atoms with Crippen molar-refractivity contribution in [2.24, 2.45) is 0 Å². The molecule has 134 valence electrons. The van der Waals surface area contributed by atoms with Gasteiger partial charge in [0.25, 0.3) is 5.88 Å². The predicted octanol–water partition coefficient (Wildman–Crippen LogP) is 3.69. The Morgan fingerprint density at radius 1 is 1.27 bits per heavy atom. The Morgan fingerprint density at radius 3 is 2.77 bits per heavy atom. The van der Waals surface area contributed by atoms with E-state index in [0.29, 0.717) is 11.1 Å². The fraction of sp³-hybridized carbons (Fsp3) is 0.167. The van der Waals surface area contributed by atoms with Crippen molar-refractivity contribution in [1.29, 1.82) is 0 Å². The summed E-state index contributed by atoms with van der Waals surface area (Å²) < 4.78 is 15.4. The quantitative estimate of drug-likeness (QED) is 0.686. The van der Waals surface area contributed by atoms with E-state index in [9.17, 15) is 14.7 Å². The number of hydrogen-bond donors (Lipinski definition) is 2. The largest absolute Gasteiger partial charge is 0.502 e. The number of esters is 1. The summed E-state index contributed by atoms with van der Waals surface area (Å²) in [5.41, 5.74) is 1.22. The molecule has 0 radical (unpaired) electrons. The van der Waals surface area contributed by atoms with Crippen molar-refractivity contribution in [1.82, 2.24) is 4.98 Å². The average Bonchev–Trinajstić information content (AvgIpc) is 2.90. The number of anilines is 1. The summed E-state index contributed by atoms with van der Waals surface area (Å²) in [7, 11) is 0. The van der Waals surface area contributed by atoms with Crippen molar-refractivity contribution >= 4 is 28.8 Å². The topological polar surface area (TPSA) is 111 Å². The second-order valence-corrected chi connectivity index (χ2v) is 5.25. The predicted molar refractivity (Wildman–Crippen MR) is 93.1 cm³/mol. The zero-order valence-electron chi connectivity index (χ0n) is 14.1. The SMILES string of the molecule is CCOC(=O)Nc1oc(-c2ccnc3ccccc23)c(O)c1OC(C)=O. The molecule has 2 aromatic heterocycles. The summed E-state index contributed by atoms with van der Waals surface area (Å²) >= 11 is 0. The van der Waals surface area contributed by atoms with Gasteiger partial charge in [0.15, 0.2) is 5.76 Å². The lowest BCUT2D eigenvalue weighted by molar-refractivity contribution is -0.132. The minimum Gasteiger partial charge on any atom is -0.502 e. The standard InChI is InChI=1S/C18H16N2O6/c1-3-24-18(23)20-17-16(25-10(2)21)14(22)15(26-17)12-8-9-19-13-7-5-4-6-11(12)13/h4-9,22H,3H2,1-2H3,(H,20,23). The lowest BCUT2D eigenvalue weighted by Crippen LogP contribution is -2.14. The van der Waals surface area contributed by atoms with E-state index >= 15 is 0 Å². The Bertz CT molecular complexity index is 974. The third kappa shape index (κ3) is 3.30. The van der Waals surface area contributed by atoms with Gasteiger partial charge in [-0.05, 0) is 19.1 Å². The summed E-state index contributed by atoms with van der Waals surface area (Å²) in [6.45, 7) is 2.95. The maximum absolute atomic E-state index is 11.7. The van der Waals surface area contributed by atoms with Gasteiger partial charge in [-0.1, -0.05) is 18.2 Å². The van der Waals surface area contributed by atoms with Gasteiger partial charge in [0, 0.05) is 24.1 Å². The Labute approximate surface area is 148 Å². The zero-order valence-corrected chi connectivity index (χ0v) is 14.1. The number of ether oxygens (including phenoxy) is 2. The minimum atomic E-state index is -0.805. The molecular weight excluding hydrogens is 340 g/mol. The first kappa shape index (κ1) is 17.3. The molecule has 0 saturated heterocycles. The molecule has 26 heavy (non-hydrogen) atoms. The average molecular weight is 356 g/mol. The van der Waals surface area contributed by atoms with E-state index in [2.05, 4.69) is 10.3 Å². The number of para-hydroxylation sites is 1. The van der Waals surface area contributed by atoms with E-state index in [1.165, 1.54) is 6.92 Å². The van der Waals surface area contributed by atoms with Gasteiger partial charge in [-0.2, -0.15) is 0 Å². The van der Waals surface area contributed by atoms with Crippen LogP contribution < -0.4 is 10.1 Å². The first-order valence-electron chi connectivity index (χ1n) is 7.83. The van der Waals surface area contributed by atoms with Crippen molar-refractivity contribution in [3.63, 3.8) is 0 Å². The summed E-state index contributed by atoms with van der Waals surface area (Å²) in [6.07, 6.45) is 0.754. The fourth-order valence-corrected chi connectivity index (χ4v) is 2.46. The molecule has 0 fully saturated rings. The zero-order chi connectivity index (χ0) is 18.7. The van der Waals surface area contributed by atoms with E-state index in [1.54, 1.807) is 19.2 Å². The molecule has 0 aliphatic carbocycles. The number of carbonyl (C=O) groups excluding carboxylic acids is 2. The Hall–Kier alpha value is -3.55. The molecule has 2 heterocycles. The van der Waals surface area contributed by atoms with Crippen molar-refractivity contribution in [2.75, 3.05) is 11.9 Å². The molecule has 1 aromatic carbocycles. The van der Waals surface area contributed by atoms with Gasteiger partial charge in [0.05, 0.1) is 12.1 Å². The van der Waals surface area contributed by atoms with Gasteiger partial charge in [-0.25, -0.2) is 4.79 Å². The van der Waals surface area contributed by atoms with E-state index in [4.69, 9.17) is 13.9 Å². The number of amides is 1. The van der Waals surface area contributed by atoms with Crippen LogP contribution in [-0.2, 0) is 9.53 Å². The number of nitrogens with one attached hydrogen (secondary N) is 1. The van der Waals surface area contributed by atoms with Crippen LogP contribution in [0.4, 0.5) is 10.7 Å². The van der Waals surface area contributed by atoms with Crippen LogP contribution in [0, 0.1) is 0 Å². The Balaban J connectivity index is 2.14. The molecule has 3 aromatic rings. The van der Waals surface area contributed by atoms with Crippen molar-refractivity contribution in [3.8, 4) is 22.8 Å². The number of fused-ring (bicyclic) bond motifs is 1. The smallest absolute Gasteiger partial charge is 0.414 e. The molecular formula is C18H16N2O6. The molecule has 3 rings (SSSR count). The van der Waals surface area contributed by atoms with E-state index in [-0.39, 0.29) is 24.0 Å². The van der Waals surface area contributed by atoms with Crippen LogP contribution in [-0.4, -0.2) is 28.8 Å². The highest BCUT2D eigenvalue weighted by molar-refractivity contribution is 5.96. The minimum absolute atomic E-state index is 0.0339. The Kier molecular flexibility index (Phi) is 4.74. The number of aromatic nitrogens is 1. The number of nitrogens with zero attached hydrogens (tertiary/aromatic N) is 1. The number of rotatable bonds is 4. The van der Waals surface area contributed by atoms with Gasteiger partial charge in [0.2, 0.25) is 11.5 Å². The monoisotopic (exact) mass is 356 g/mol. The molecule has 8 nitrogen and oxygen atoms in total. The third-order valence-electron chi connectivity index (χ3n) is 3.47. The van der Waals surface area contributed by atoms with Crippen molar-refractivity contribution < 1.29 is 28.6 Å². The van der Waals surface area contributed by atoms with Crippen LogP contribution in [0.3, 0.4) is 0 Å². The second kappa shape index (κ2) is 7.14. The van der Waals surface area contributed by atoms with Gasteiger partial charge >= 0.3 is 12.1 Å². The van der Waals surface area contributed by atoms with Gasteiger partial charge in [0.1, 0.15) is 0 Å². The number of aromatic hydroxyl groups is 1. The number of carbonyl (C=O) groups is 2. The normalized spacial score (nSPS) is 10.5. The highest BCUT2D eigenvalue weighted by Crippen LogP contribution is 2.47. The number of hydrogen-bond acceptors (Lipinski definition) is 7. The fourth-order valence-electron chi connectivity index (χ4n) is 2.46. The van der Waals surface area contributed by atoms with Crippen LogP contribution in [0.2, 0.25) is 0 Å². The number of furan rings is 1. The van der Waals surface area contributed by atoms with Crippen LogP contribution in [0.5, 0.6) is 11.5 Å². The van der Waals surface area contributed by atoms with Gasteiger partial charge < -0.3 is 19.0 Å². The summed E-state index contributed by atoms with van der Waals surface area (Å²) in [4.78, 5) is 27.3. The lowest BCUT2D eigenvalue weighted by Gasteiger charge is -2.04. The second-order valence-electron chi connectivity index (χ2n) is 5.25. The van der Waals surface area contributed by atoms with Crippen molar-refractivity contribution in [2.45, 2.75) is 13.8 Å². The van der Waals surface area contributed by atoms with E-state index in [0.717, 1.165) is 5.39 Å².